The third-order valence-corrected chi connectivity index (χ3v) is 7.61. The van der Waals surface area contributed by atoms with E-state index < -0.39 is 18.1 Å². The van der Waals surface area contributed by atoms with Crippen LogP contribution in [0.25, 0.3) is 11.3 Å². The van der Waals surface area contributed by atoms with Gasteiger partial charge in [0.25, 0.3) is 5.91 Å². The first-order chi connectivity index (χ1) is 19.4. The maximum Gasteiger partial charge on any atom is 0.411 e. The van der Waals surface area contributed by atoms with Gasteiger partial charge in [0.05, 0.1) is 30.6 Å². The molecule has 11 nitrogen and oxygen atoms in total. The first-order valence-corrected chi connectivity index (χ1v) is 13.6. The Labute approximate surface area is 231 Å². The highest BCUT2D eigenvalue weighted by Crippen LogP contribution is 2.42. The van der Waals surface area contributed by atoms with E-state index in [1.807, 2.05) is 18.2 Å². The van der Waals surface area contributed by atoms with E-state index in [9.17, 15) is 19.5 Å². The number of quaternary nitrogens is 1. The average molecular weight is 548 g/mol. The van der Waals surface area contributed by atoms with Crippen molar-refractivity contribution in [3.05, 3.63) is 65.1 Å². The highest BCUT2D eigenvalue weighted by atomic mass is 16.5. The fourth-order valence-electron chi connectivity index (χ4n) is 5.27. The number of carbonyl (C=O) groups is 3. The smallest absolute Gasteiger partial charge is 0.411 e. The van der Waals surface area contributed by atoms with Crippen molar-refractivity contribution in [2.45, 2.75) is 63.1 Å². The van der Waals surface area contributed by atoms with Crippen molar-refractivity contribution in [1.82, 2.24) is 15.3 Å². The Balaban J connectivity index is 1.44. The molecular weight excluding hydrogens is 512 g/mol. The summed E-state index contributed by atoms with van der Waals surface area (Å²) >= 11 is 0. The summed E-state index contributed by atoms with van der Waals surface area (Å²) in [6.07, 6.45) is 5.70. The van der Waals surface area contributed by atoms with Crippen molar-refractivity contribution in [2.24, 2.45) is 5.73 Å². The maximum absolute atomic E-state index is 13.4. The van der Waals surface area contributed by atoms with Crippen LogP contribution in [0.1, 0.15) is 77.8 Å². The lowest BCUT2D eigenvalue weighted by molar-refractivity contribution is -0.599. The highest BCUT2D eigenvalue weighted by molar-refractivity contribution is 5.94. The van der Waals surface area contributed by atoms with Crippen LogP contribution in [0.5, 0.6) is 0 Å². The van der Waals surface area contributed by atoms with Gasteiger partial charge < -0.3 is 31.2 Å². The second-order valence-corrected chi connectivity index (χ2v) is 10.4. The lowest BCUT2D eigenvalue weighted by Crippen LogP contribution is -2.86. The van der Waals surface area contributed by atoms with Gasteiger partial charge in [-0.1, -0.05) is 12.5 Å². The number of nitrogens with one attached hydrogen (secondary N) is 3. The van der Waals surface area contributed by atoms with E-state index in [1.54, 1.807) is 29.7 Å². The fraction of sp³-hybridized carbons (Fsp3) is 0.379. The number of amides is 2. The van der Waals surface area contributed by atoms with E-state index in [2.05, 4.69) is 25.3 Å². The molecule has 8 N–H and O–H groups in total. The summed E-state index contributed by atoms with van der Waals surface area (Å²) in [5.41, 5.74) is 11.3. The molecule has 11 heteroatoms. The van der Waals surface area contributed by atoms with Crippen LogP contribution in [0, 0.1) is 0 Å². The van der Waals surface area contributed by atoms with E-state index in [1.165, 1.54) is 7.11 Å². The van der Waals surface area contributed by atoms with E-state index in [0.717, 1.165) is 29.5 Å². The van der Waals surface area contributed by atoms with Gasteiger partial charge in [-0.3, -0.25) is 10.1 Å². The predicted molar refractivity (Wildman–Crippen MR) is 148 cm³/mol. The van der Waals surface area contributed by atoms with Crippen molar-refractivity contribution in [3.8, 4) is 11.3 Å². The topological polar surface area (TPSA) is 176 Å². The van der Waals surface area contributed by atoms with Crippen molar-refractivity contribution in [2.75, 3.05) is 12.4 Å². The van der Waals surface area contributed by atoms with Crippen molar-refractivity contribution < 1.29 is 29.5 Å². The second-order valence-electron chi connectivity index (χ2n) is 10.4. The van der Waals surface area contributed by atoms with Gasteiger partial charge in [0, 0.05) is 30.3 Å². The minimum atomic E-state index is -0.920. The third-order valence-electron chi connectivity index (χ3n) is 7.61. The number of nitrogens with two attached hydrogens (primary N) is 2. The summed E-state index contributed by atoms with van der Waals surface area (Å²) in [6.45, 7) is 0.446. The number of ether oxygens (including phenoxy) is 1. The summed E-state index contributed by atoms with van der Waals surface area (Å²) in [4.78, 5) is 45.2. The lowest BCUT2D eigenvalue weighted by Gasteiger charge is -2.19. The number of carboxylic acids is 1. The van der Waals surface area contributed by atoms with Gasteiger partial charge in [-0.05, 0) is 67.0 Å². The molecule has 2 heterocycles. The molecule has 1 aliphatic heterocycles. The molecule has 1 fully saturated rings. The number of nitrogens with zero attached hydrogens (tertiary/aromatic N) is 1. The van der Waals surface area contributed by atoms with E-state index >= 15 is 0 Å². The zero-order valence-corrected chi connectivity index (χ0v) is 22.4. The molecule has 1 saturated carbocycles. The summed E-state index contributed by atoms with van der Waals surface area (Å²) in [5, 5.41) is 17.4. The number of hydrogen-bond donors (Lipinski definition) is 6. The molecule has 40 heavy (non-hydrogen) atoms. The largest absolute Gasteiger partial charge is 0.477 e. The molecule has 2 atom stereocenters. The molecule has 5 rings (SSSR count). The minimum absolute atomic E-state index is 0.184. The number of H-pyrrole nitrogens is 1. The Kier molecular flexibility index (Phi) is 8.13. The van der Waals surface area contributed by atoms with Gasteiger partial charge >= 0.3 is 12.1 Å². The molecule has 2 bridgehead atoms. The number of aromatic nitrogens is 2. The number of hydrogen-bond acceptors (Lipinski definition) is 6. The Morgan fingerprint density at radius 1 is 1.12 bits per heavy atom. The first-order valence-electron chi connectivity index (χ1n) is 13.6. The van der Waals surface area contributed by atoms with Crippen LogP contribution in [0.3, 0.4) is 0 Å². The molecule has 0 radical (unpaired) electrons. The van der Waals surface area contributed by atoms with Gasteiger partial charge in [0.2, 0.25) is 0 Å². The van der Waals surface area contributed by atoms with E-state index in [0.29, 0.717) is 66.6 Å². The number of aromatic amines is 1. The van der Waals surface area contributed by atoms with Gasteiger partial charge in [-0.15, -0.1) is 0 Å². The zero-order valence-electron chi connectivity index (χ0n) is 22.4. The molecule has 1 aliphatic carbocycles. The summed E-state index contributed by atoms with van der Waals surface area (Å²) in [5.74, 6) is -0.00171. The number of imidazole rings is 1. The number of fused-ring (bicyclic) bond motifs is 4. The Bertz CT molecular complexity index is 1420. The first kappa shape index (κ1) is 27.4. The number of anilines is 1. The van der Waals surface area contributed by atoms with Crippen LogP contribution >= 0.6 is 0 Å². The van der Waals surface area contributed by atoms with Crippen LogP contribution in [0.4, 0.5) is 16.2 Å². The number of carboxylic acid groups (broad SMARTS) is 1. The van der Waals surface area contributed by atoms with Crippen LogP contribution in [0.2, 0.25) is 0 Å². The van der Waals surface area contributed by atoms with Gasteiger partial charge in [-0.25, -0.2) is 14.6 Å². The zero-order chi connectivity index (χ0) is 28.2. The van der Waals surface area contributed by atoms with Gasteiger partial charge in [0.15, 0.2) is 6.04 Å². The van der Waals surface area contributed by atoms with Crippen LogP contribution in [-0.4, -0.2) is 46.2 Å². The number of rotatable bonds is 6. The summed E-state index contributed by atoms with van der Waals surface area (Å²) < 4.78 is 4.69. The maximum atomic E-state index is 13.4. The highest BCUT2D eigenvalue weighted by Gasteiger charge is 2.29. The molecule has 2 amide bonds. The number of carbonyl (C=O) groups excluding carboxylic acids is 2. The SMILES string of the molecule is COC(=O)Nc1ccc2c(c1)[NH2+][C@@H](C(=O)O)CCCC[C@H](NC(=O)c1ccc(CN)c(C3CC3)c1)c1ncc-2[nH]1. The molecule has 0 unspecified atom stereocenters. The average Bonchev–Trinajstić information content (AvgIpc) is 3.69. The van der Waals surface area contributed by atoms with Crippen LogP contribution < -0.4 is 21.7 Å². The summed E-state index contributed by atoms with van der Waals surface area (Å²) in [6, 6.07) is 9.85. The normalized spacial score (nSPS) is 18.9. The molecule has 0 spiro atoms. The van der Waals surface area contributed by atoms with Gasteiger partial charge in [0.1, 0.15) is 11.5 Å². The Morgan fingerprint density at radius 3 is 2.65 bits per heavy atom. The van der Waals surface area contributed by atoms with Crippen molar-refractivity contribution in [3.63, 3.8) is 0 Å². The van der Waals surface area contributed by atoms with E-state index in [-0.39, 0.29) is 11.9 Å². The molecule has 1 aromatic heterocycles. The molecular formula is C29H35N6O5+. The minimum Gasteiger partial charge on any atom is -0.477 e. The number of aliphatic carboxylic acids is 1. The third kappa shape index (κ3) is 6.16. The van der Waals surface area contributed by atoms with Crippen molar-refractivity contribution >= 4 is 29.3 Å². The lowest BCUT2D eigenvalue weighted by atomic mass is 9.99. The standard InChI is InChI=1S/C29H34N6O5/c1-40-29(39)32-19-10-11-20-24(13-19)33-23(28(37)38)5-3-2-4-22(26-31-15-25(20)34-26)35-27(36)17-8-9-18(14-30)21(12-17)16-6-7-16/h8-13,15-16,22-23,33H,2-7,14,30H2,1H3,(H,31,34)(H,32,39)(H,35,36)(H,37,38)/p+1/t22-,23+/m0/s1. The molecule has 2 aliphatic rings. The van der Waals surface area contributed by atoms with Crippen molar-refractivity contribution in [1.29, 1.82) is 0 Å². The quantitative estimate of drug-likeness (QED) is 0.257. The second kappa shape index (κ2) is 11.9. The Morgan fingerprint density at radius 2 is 1.93 bits per heavy atom. The Hall–Kier alpha value is -4.22. The molecule has 0 saturated heterocycles. The van der Waals surface area contributed by atoms with E-state index in [4.69, 9.17) is 5.73 Å². The number of methoxy groups -OCH3 is 1. The predicted octanol–water partition coefficient (Wildman–Crippen LogP) is 3.28. The summed E-state index contributed by atoms with van der Waals surface area (Å²) in [7, 11) is 1.28. The molecule has 210 valence electrons. The monoisotopic (exact) mass is 547 g/mol. The number of benzene rings is 2. The van der Waals surface area contributed by atoms with Crippen LogP contribution in [-0.2, 0) is 16.1 Å². The van der Waals surface area contributed by atoms with Crippen LogP contribution in [0.15, 0.2) is 42.6 Å². The molecule has 2 aromatic carbocycles. The van der Waals surface area contributed by atoms with Gasteiger partial charge in [-0.2, -0.15) is 0 Å². The fourth-order valence-corrected chi connectivity index (χ4v) is 5.27. The molecule has 3 aromatic rings.